The Kier molecular flexibility index (Phi) is 2.33. The molecule has 0 radical (unpaired) electrons. The van der Waals surface area contributed by atoms with E-state index in [1.165, 1.54) is 0 Å². The first kappa shape index (κ1) is 7.88. The first-order valence-corrected chi connectivity index (χ1v) is 3.38. The summed E-state index contributed by atoms with van der Waals surface area (Å²) in [7, 11) is 1.77. The lowest BCUT2D eigenvalue weighted by molar-refractivity contribution is 0.275. The molecule has 3 heteroatoms. The van der Waals surface area contributed by atoms with Gasteiger partial charge in [0.2, 0.25) is 0 Å². The molecule has 0 aliphatic rings. The second kappa shape index (κ2) is 3.25. The molecule has 3 nitrogen and oxygen atoms in total. The lowest BCUT2D eigenvalue weighted by Gasteiger charge is -2.03. The van der Waals surface area contributed by atoms with E-state index in [1.54, 1.807) is 25.2 Å². The first-order chi connectivity index (χ1) is 5.27. The average Bonchev–Trinajstić information content (AvgIpc) is 2.04. The Morgan fingerprint density at radius 2 is 2.18 bits per heavy atom. The number of aromatic hydroxyl groups is 1. The van der Waals surface area contributed by atoms with E-state index in [0.717, 1.165) is 5.69 Å². The second-order valence-corrected chi connectivity index (χ2v) is 2.25. The van der Waals surface area contributed by atoms with E-state index in [9.17, 15) is 5.11 Å². The molecule has 0 atom stereocenters. The SMILES string of the molecule is CNc1ccc(CO)c(O)c1. The number of phenols is 1. The zero-order chi connectivity index (χ0) is 8.27. The van der Waals surface area contributed by atoms with Crippen molar-refractivity contribution in [3.8, 4) is 5.75 Å². The number of rotatable bonds is 2. The van der Waals surface area contributed by atoms with Crippen LogP contribution in [-0.2, 0) is 6.61 Å². The molecule has 0 unspecified atom stereocenters. The summed E-state index contributed by atoms with van der Waals surface area (Å²) in [5.41, 5.74) is 1.38. The minimum atomic E-state index is -0.129. The monoisotopic (exact) mass is 153 g/mol. The van der Waals surface area contributed by atoms with Gasteiger partial charge >= 0.3 is 0 Å². The topological polar surface area (TPSA) is 52.5 Å². The highest BCUT2D eigenvalue weighted by atomic mass is 16.3. The van der Waals surface area contributed by atoms with Gasteiger partial charge in [0.05, 0.1) is 6.61 Å². The van der Waals surface area contributed by atoms with Crippen LogP contribution in [0.3, 0.4) is 0 Å². The summed E-state index contributed by atoms with van der Waals surface area (Å²) in [5.74, 6) is 0.124. The first-order valence-electron chi connectivity index (χ1n) is 3.38. The number of nitrogens with one attached hydrogen (secondary N) is 1. The molecule has 0 aliphatic heterocycles. The van der Waals surface area contributed by atoms with Gasteiger partial charge in [0.1, 0.15) is 5.75 Å². The fourth-order valence-corrected chi connectivity index (χ4v) is 0.853. The van der Waals surface area contributed by atoms with Gasteiger partial charge in [-0.05, 0) is 6.07 Å². The summed E-state index contributed by atoms with van der Waals surface area (Å²) in [4.78, 5) is 0. The van der Waals surface area contributed by atoms with Crippen LogP contribution in [0.25, 0.3) is 0 Å². The van der Waals surface area contributed by atoms with Crippen molar-refractivity contribution in [2.75, 3.05) is 12.4 Å². The molecule has 0 saturated carbocycles. The third-order valence-electron chi connectivity index (χ3n) is 1.54. The number of hydrogen-bond donors (Lipinski definition) is 3. The van der Waals surface area contributed by atoms with Crippen LogP contribution < -0.4 is 5.32 Å². The van der Waals surface area contributed by atoms with E-state index in [0.29, 0.717) is 5.56 Å². The number of aliphatic hydroxyl groups is 1. The van der Waals surface area contributed by atoms with Crippen molar-refractivity contribution in [1.29, 1.82) is 0 Å². The Balaban J connectivity index is 2.99. The van der Waals surface area contributed by atoms with Crippen molar-refractivity contribution >= 4 is 5.69 Å². The van der Waals surface area contributed by atoms with Crippen molar-refractivity contribution < 1.29 is 10.2 Å². The van der Waals surface area contributed by atoms with Crippen molar-refractivity contribution in [3.63, 3.8) is 0 Å². The minimum absolute atomic E-state index is 0.124. The highest BCUT2D eigenvalue weighted by molar-refractivity contribution is 5.50. The Labute approximate surface area is 65.3 Å². The molecule has 0 fully saturated rings. The molecule has 0 aliphatic carbocycles. The van der Waals surface area contributed by atoms with Gasteiger partial charge in [0.15, 0.2) is 0 Å². The summed E-state index contributed by atoms with van der Waals surface area (Å²) < 4.78 is 0. The summed E-state index contributed by atoms with van der Waals surface area (Å²) in [6.07, 6.45) is 0. The Morgan fingerprint density at radius 1 is 1.45 bits per heavy atom. The third kappa shape index (κ3) is 1.62. The van der Waals surface area contributed by atoms with Gasteiger partial charge in [-0.3, -0.25) is 0 Å². The van der Waals surface area contributed by atoms with Gasteiger partial charge < -0.3 is 15.5 Å². The number of hydrogen-bond acceptors (Lipinski definition) is 3. The van der Waals surface area contributed by atoms with Gasteiger partial charge in [-0.15, -0.1) is 0 Å². The molecule has 1 aromatic carbocycles. The Morgan fingerprint density at radius 3 is 2.64 bits per heavy atom. The quantitative estimate of drug-likeness (QED) is 0.592. The minimum Gasteiger partial charge on any atom is -0.508 e. The van der Waals surface area contributed by atoms with Crippen molar-refractivity contribution in [2.24, 2.45) is 0 Å². The van der Waals surface area contributed by atoms with E-state index >= 15 is 0 Å². The predicted octanol–water partition coefficient (Wildman–Crippen LogP) is 0.926. The van der Waals surface area contributed by atoms with Crippen molar-refractivity contribution in [1.82, 2.24) is 0 Å². The Hall–Kier alpha value is -1.22. The normalized spacial score (nSPS) is 9.64. The molecular formula is C8H11NO2. The lowest BCUT2D eigenvalue weighted by Crippen LogP contribution is -1.89. The summed E-state index contributed by atoms with van der Waals surface area (Å²) in [6.45, 7) is -0.129. The number of benzene rings is 1. The lowest BCUT2D eigenvalue weighted by atomic mass is 10.2. The summed E-state index contributed by atoms with van der Waals surface area (Å²) in [6, 6.07) is 5.05. The molecule has 0 aromatic heterocycles. The van der Waals surface area contributed by atoms with E-state index < -0.39 is 0 Å². The van der Waals surface area contributed by atoms with E-state index in [-0.39, 0.29) is 12.4 Å². The van der Waals surface area contributed by atoms with Crippen LogP contribution in [0.4, 0.5) is 5.69 Å². The maximum absolute atomic E-state index is 9.22. The molecule has 11 heavy (non-hydrogen) atoms. The standard InChI is InChI=1S/C8H11NO2/c1-9-7-3-2-6(5-10)8(11)4-7/h2-4,9-11H,5H2,1H3. The van der Waals surface area contributed by atoms with Crippen LogP contribution >= 0.6 is 0 Å². The number of anilines is 1. The van der Waals surface area contributed by atoms with Crippen molar-refractivity contribution in [3.05, 3.63) is 23.8 Å². The van der Waals surface area contributed by atoms with E-state index in [4.69, 9.17) is 5.11 Å². The smallest absolute Gasteiger partial charge is 0.123 e. The van der Waals surface area contributed by atoms with Crippen molar-refractivity contribution in [2.45, 2.75) is 6.61 Å². The highest BCUT2D eigenvalue weighted by Gasteiger charge is 1.98. The second-order valence-electron chi connectivity index (χ2n) is 2.25. The third-order valence-corrected chi connectivity index (χ3v) is 1.54. The zero-order valence-corrected chi connectivity index (χ0v) is 6.33. The van der Waals surface area contributed by atoms with Crippen LogP contribution in [0, 0.1) is 0 Å². The van der Waals surface area contributed by atoms with E-state index in [1.807, 2.05) is 0 Å². The molecule has 3 N–H and O–H groups in total. The predicted molar refractivity (Wildman–Crippen MR) is 43.6 cm³/mol. The van der Waals surface area contributed by atoms with Crippen LogP contribution in [-0.4, -0.2) is 17.3 Å². The van der Waals surface area contributed by atoms with Gasteiger partial charge in [-0.2, -0.15) is 0 Å². The maximum Gasteiger partial charge on any atom is 0.123 e. The molecule has 60 valence electrons. The molecule has 0 saturated heterocycles. The van der Waals surface area contributed by atoms with Gasteiger partial charge in [-0.1, -0.05) is 6.07 Å². The molecule has 1 rings (SSSR count). The maximum atomic E-state index is 9.22. The van der Waals surface area contributed by atoms with Gasteiger partial charge in [-0.25, -0.2) is 0 Å². The van der Waals surface area contributed by atoms with Crippen LogP contribution in [0.15, 0.2) is 18.2 Å². The van der Waals surface area contributed by atoms with Gasteiger partial charge in [0, 0.05) is 24.4 Å². The zero-order valence-electron chi connectivity index (χ0n) is 6.33. The molecule has 0 spiro atoms. The highest BCUT2D eigenvalue weighted by Crippen LogP contribution is 2.21. The molecule has 1 aromatic rings. The summed E-state index contributed by atoms with van der Waals surface area (Å²) in [5, 5.41) is 20.8. The van der Waals surface area contributed by atoms with Gasteiger partial charge in [0.25, 0.3) is 0 Å². The molecule has 0 amide bonds. The van der Waals surface area contributed by atoms with Crippen LogP contribution in [0.2, 0.25) is 0 Å². The van der Waals surface area contributed by atoms with Crippen LogP contribution in [0.1, 0.15) is 5.56 Å². The van der Waals surface area contributed by atoms with Crippen LogP contribution in [0.5, 0.6) is 5.75 Å². The molecule has 0 heterocycles. The molecule has 0 bridgehead atoms. The fraction of sp³-hybridized carbons (Fsp3) is 0.250. The molecular weight excluding hydrogens is 142 g/mol. The van der Waals surface area contributed by atoms with E-state index in [2.05, 4.69) is 5.32 Å². The Bertz CT molecular complexity index is 248. The largest absolute Gasteiger partial charge is 0.508 e. The summed E-state index contributed by atoms with van der Waals surface area (Å²) >= 11 is 0. The number of aliphatic hydroxyl groups excluding tert-OH is 1. The average molecular weight is 153 g/mol. The fourth-order valence-electron chi connectivity index (χ4n) is 0.853.